The van der Waals surface area contributed by atoms with Crippen LogP contribution in [-0.2, 0) is 16.7 Å². The molecule has 8 rings (SSSR count). The van der Waals surface area contributed by atoms with Crippen molar-refractivity contribution < 1.29 is 41.1 Å². The van der Waals surface area contributed by atoms with E-state index in [1.165, 1.54) is 18.4 Å². The Kier molecular flexibility index (Phi) is 4.99. The van der Waals surface area contributed by atoms with Crippen LogP contribution < -0.4 is 17.3 Å². The van der Waals surface area contributed by atoms with E-state index in [2.05, 4.69) is 43.1 Å². The Morgan fingerprint density at radius 3 is 2.74 bits per heavy atom. The molecule has 2 aromatic rings. The van der Waals surface area contributed by atoms with E-state index < -0.39 is 18.3 Å². The van der Waals surface area contributed by atoms with Crippen LogP contribution in [-0.4, -0.2) is 65.3 Å². The third kappa shape index (κ3) is 2.46. The minimum absolute atomic E-state index is 0. The minimum Gasteiger partial charge on any atom is -1.00 e. The molecule has 7 nitrogen and oxygen atoms in total. The molecule has 1 aliphatic carbocycles. The molecule has 5 fully saturated rings. The number of anilines is 1. The number of hydrogen-bond acceptors (Lipinski definition) is 6. The van der Waals surface area contributed by atoms with Gasteiger partial charge < -0.3 is 36.7 Å². The Morgan fingerprint density at radius 2 is 2.00 bits per heavy atom. The van der Waals surface area contributed by atoms with Gasteiger partial charge in [-0.2, -0.15) is 0 Å². The molecule has 6 unspecified atom stereocenters. The van der Waals surface area contributed by atoms with Gasteiger partial charge in [-0.3, -0.25) is 4.48 Å². The number of likely N-dealkylation sites (N-methyl/N-ethyl adjacent to an activating group) is 1. The molecular weight excluding hydrogens is 468 g/mol. The molecule has 5 aliphatic heterocycles. The number of halogens is 1. The molecule has 0 amide bonds. The number of carbonyl (C=O) groups excluding carboxylic acids is 1. The van der Waals surface area contributed by atoms with Gasteiger partial charge in [0, 0.05) is 37.4 Å². The summed E-state index contributed by atoms with van der Waals surface area (Å²) in [6.45, 7) is 2.69. The highest BCUT2D eigenvalue weighted by molar-refractivity contribution is 5.86. The molecule has 8 heteroatoms. The maximum absolute atomic E-state index is 12.1. The number of furan rings is 1. The predicted molar refractivity (Wildman–Crippen MR) is 124 cm³/mol. The van der Waals surface area contributed by atoms with Gasteiger partial charge in [-0.05, 0) is 36.1 Å². The summed E-state index contributed by atoms with van der Waals surface area (Å²) >= 11 is 0. The molecule has 1 aromatic carbocycles. The summed E-state index contributed by atoms with van der Waals surface area (Å²) < 4.78 is 11.3. The van der Waals surface area contributed by atoms with Crippen molar-refractivity contribution in [2.45, 2.75) is 68.6 Å². The van der Waals surface area contributed by atoms with Crippen molar-refractivity contribution in [3.8, 4) is 0 Å². The molecule has 1 spiro atoms. The summed E-state index contributed by atoms with van der Waals surface area (Å²) in [6.07, 6.45) is 1.83. The second kappa shape index (κ2) is 7.48. The van der Waals surface area contributed by atoms with Crippen LogP contribution in [0, 0.1) is 17.8 Å². The van der Waals surface area contributed by atoms with Crippen LogP contribution in [0.1, 0.15) is 48.1 Å². The predicted octanol–water partition coefficient (Wildman–Crippen LogP) is -0.347. The monoisotopic (exact) mass is 500 g/mol. The van der Waals surface area contributed by atoms with Gasteiger partial charge in [-0.1, -0.05) is 25.1 Å². The number of piperidine rings is 4. The van der Waals surface area contributed by atoms with E-state index in [4.69, 9.17) is 9.15 Å². The van der Waals surface area contributed by atoms with E-state index in [0.717, 1.165) is 19.3 Å². The highest BCUT2D eigenvalue weighted by atomic mass is 35.5. The number of aliphatic hydroxyl groups is 2. The number of benzene rings is 1. The Hall–Kier alpha value is -2.06. The van der Waals surface area contributed by atoms with E-state index in [0.29, 0.717) is 22.7 Å². The van der Waals surface area contributed by atoms with Crippen molar-refractivity contribution in [3.63, 3.8) is 0 Å². The molecule has 6 aliphatic rings. The molecule has 0 radical (unpaired) electrons. The third-order valence-corrected chi connectivity index (χ3v) is 10.6. The average Bonchev–Trinajstić information content (AvgIpc) is 3.47. The Labute approximate surface area is 211 Å². The second-order valence-electron chi connectivity index (χ2n) is 11.3. The van der Waals surface area contributed by atoms with Crippen molar-refractivity contribution in [3.05, 3.63) is 53.5 Å². The summed E-state index contributed by atoms with van der Waals surface area (Å²) in [7, 11) is 3.51. The van der Waals surface area contributed by atoms with Gasteiger partial charge in [-0.15, -0.1) is 0 Å². The minimum atomic E-state index is -0.512. The number of ether oxygens (including phenoxy) is 1. The zero-order valence-corrected chi connectivity index (χ0v) is 21.1. The van der Waals surface area contributed by atoms with Gasteiger partial charge in [-0.25, -0.2) is 4.79 Å². The summed E-state index contributed by atoms with van der Waals surface area (Å²) in [5.74, 6) is 1.04. The van der Waals surface area contributed by atoms with Crippen molar-refractivity contribution >= 4 is 11.7 Å². The molecule has 1 saturated carbocycles. The van der Waals surface area contributed by atoms with E-state index in [1.807, 2.05) is 6.07 Å². The summed E-state index contributed by atoms with van der Waals surface area (Å²) in [4.78, 5) is 14.4. The van der Waals surface area contributed by atoms with Gasteiger partial charge in [0.15, 0.2) is 12.0 Å². The summed E-state index contributed by atoms with van der Waals surface area (Å²) in [6, 6.07) is 12.6. The quantitative estimate of drug-likeness (QED) is 0.441. The van der Waals surface area contributed by atoms with Crippen molar-refractivity contribution in [1.29, 1.82) is 0 Å². The number of fused-ring (bicyclic) bond motifs is 2. The first-order chi connectivity index (χ1) is 16.4. The molecule has 2 N–H and O–H groups in total. The second-order valence-corrected chi connectivity index (χ2v) is 11.3. The number of aliphatic hydroxyl groups excluding tert-OH is 2. The first-order valence-electron chi connectivity index (χ1n) is 12.6. The fourth-order valence-corrected chi connectivity index (χ4v) is 9.65. The number of quaternary nitrogens is 1. The van der Waals surface area contributed by atoms with Gasteiger partial charge in [0.1, 0.15) is 12.6 Å². The smallest absolute Gasteiger partial charge is 0.373 e. The van der Waals surface area contributed by atoms with Crippen LogP contribution in [0.25, 0.3) is 0 Å². The van der Waals surface area contributed by atoms with Gasteiger partial charge in [0.05, 0.1) is 30.7 Å². The van der Waals surface area contributed by atoms with E-state index in [9.17, 15) is 15.0 Å². The lowest BCUT2D eigenvalue weighted by atomic mass is 9.60. The fourth-order valence-electron chi connectivity index (χ4n) is 9.65. The highest BCUT2D eigenvalue weighted by Gasteiger charge is 2.83. The lowest BCUT2D eigenvalue weighted by Gasteiger charge is -2.67. The number of nitrogens with zero attached hydrogens (tertiary/aromatic N) is 2. The van der Waals surface area contributed by atoms with Crippen LogP contribution in [0.5, 0.6) is 0 Å². The van der Waals surface area contributed by atoms with Crippen molar-refractivity contribution in [1.82, 2.24) is 0 Å². The fraction of sp³-hybridized carbons (Fsp3) is 0.593. The first kappa shape index (κ1) is 23.3. The molecule has 1 aromatic heterocycles. The van der Waals surface area contributed by atoms with Crippen LogP contribution in [0.3, 0.4) is 0 Å². The van der Waals surface area contributed by atoms with Crippen molar-refractivity contribution in [2.24, 2.45) is 17.8 Å². The largest absolute Gasteiger partial charge is 1.00 e. The zero-order chi connectivity index (χ0) is 23.6. The summed E-state index contributed by atoms with van der Waals surface area (Å²) in [5, 5.41) is 24.1. The van der Waals surface area contributed by atoms with Crippen molar-refractivity contribution in [2.75, 3.05) is 19.1 Å². The standard InChI is InChI=1S/C27H33N2O5.ClH/c1-4-15-16-11-19-23-27(17-7-5-6-8-18(17)28(23)2)12-20(22(16)24(27)30)29(19,25(15)31)13-14-9-10-21(34-14)26(32)33-3;/h5-10,15-16,19-20,22-25,30-31H,4,11-13H2,1-3H3;1H/q+1;/p-1/t15?,16-,19?,20-,22?,23?,24-,25+,27?,29?;/m0./s1. The topological polar surface area (TPSA) is 83.1 Å². The molecule has 188 valence electrons. The van der Waals surface area contributed by atoms with E-state index in [-0.39, 0.29) is 53.5 Å². The Bertz CT molecular complexity index is 1190. The van der Waals surface area contributed by atoms with Crippen LogP contribution >= 0.6 is 0 Å². The number of carbonyl (C=O) groups is 1. The third-order valence-electron chi connectivity index (χ3n) is 10.6. The van der Waals surface area contributed by atoms with Gasteiger partial charge >= 0.3 is 5.97 Å². The highest BCUT2D eigenvalue weighted by Crippen LogP contribution is 2.71. The average molecular weight is 501 g/mol. The van der Waals surface area contributed by atoms with Gasteiger partial charge in [0.2, 0.25) is 5.76 Å². The molecule has 6 heterocycles. The molecule has 4 saturated heterocycles. The zero-order valence-electron chi connectivity index (χ0n) is 20.3. The van der Waals surface area contributed by atoms with Gasteiger partial charge in [0.25, 0.3) is 0 Å². The van der Waals surface area contributed by atoms with E-state index in [1.54, 1.807) is 6.07 Å². The number of rotatable bonds is 4. The van der Waals surface area contributed by atoms with Crippen LogP contribution in [0.4, 0.5) is 5.69 Å². The number of para-hydroxylation sites is 1. The van der Waals surface area contributed by atoms with Crippen LogP contribution in [0.2, 0.25) is 0 Å². The maximum Gasteiger partial charge on any atom is 0.373 e. The molecule has 35 heavy (non-hydrogen) atoms. The SMILES string of the molecule is CCC1[C@@H]2CC3C4N(C)c5ccccc5C45C[C@@H](C2[C@@H]5O)[N+]3(Cc2ccc(C(=O)OC)o2)[C@@H]1O.[Cl-]. The Balaban J connectivity index is 0.00000229. The number of methoxy groups -OCH3 is 1. The van der Waals surface area contributed by atoms with E-state index >= 15 is 0 Å². The molecule has 5 bridgehead atoms. The summed E-state index contributed by atoms with van der Waals surface area (Å²) in [5.41, 5.74) is 2.20. The molecule has 10 atom stereocenters. The maximum atomic E-state index is 12.1. The lowest BCUT2D eigenvalue weighted by Crippen LogP contribution is -3.00. The lowest BCUT2D eigenvalue weighted by molar-refractivity contribution is -1.05. The van der Waals surface area contributed by atoms with Crippen LogP contribution in [0.15, 0.2) is 40.8 Å². The normalized spacial score (nSPS) is 43.6. The number of esters is 1. The molecular formula is C27H33ClN2O5. The number of hydrogen-bond donors (Lipinski definition) is 2. The Morgan fingerprint density at radius 1 is 1.23 bits per heavy atom. The first-order valence-corrected chi connectivity index (χ1v) is 12.6.